The zero-order valence-electron chi connectivity index (χ0n) is 7.07. The van der Waals surface area contributed by atoms with Crippen LogP contribution >= 0.6 is 12.2 Å². The Kier molecular flexibility index (Phi) is 3.43. The van der Waals surface area contributed by atoms with E-state index >= 15 is 0 Å². The molecule has 1 aromatic rings. The summed E-state index contributed by atoms with van der Waals surface area (Å²) in [5.74, 6) is -1.41. The van der Waals surface area contributed by atoms with E-state index in [0.717, 1.165) is 0 Å². The van der Waals surface area contributed by atoms with Crippen molar-refractivity contribution in [3.63, 3.8) is 0 Å². The summed E-state index contributed by atoms with van der Waals surface area (Å²) in [6.45, 7) is 0. The van der Waals surface area contributed by atoms with Crippen molar-refractivity contribution in [2.45, 2.75) is 0 Å². The molecule has 3 nitrogen and oxygen atoms in total. The number of nitrogens with one attached hydrogen (secondary N) is 2. The Morgan fingerprint density at radius 2 is 1.60 bits per heavy atom. The van der Waals surface area contributed by atoms with Crippen LogP contribution in [0.1, 0.15) is 0 Å². The molecule has 0 bridgehead atoms. The molecule has 0 aliphatic carbocycles. The first kappa shape index (κ1) is 11.7. The third-order valence-electron chi connectivity index (χ3n) is 1.48. The van der Waals surface area contributed by atoms with Crippen LogP contribution in [0.2, 0.25) is 0 Å². The van der Waals surface area contributed by atoms with Gasteiger partial charge in [0.2, 0.25) is 0 Å². The smallest absolute Gasteiger partial charge is 0.185 e. The number of hydrazine groups is 1. The second-order valence-corrected chi connectivity index (χ2v) is 2.85. The SMILES string of the molecule is NNC(=S)Nc1c(F)c(F)cc(F)c1F. The topological polar surface area (TPSA) is 50.1 Å². The Morgan fingerprint density at radius 3 is 2.00 bits per heavy atom. The maximum absolute atomic E-state index is 13.0. The van der Waals surface area contributed by atoms with Gasteiger partial charge >= 0.3 is 0 Å². The van der Waals surface area contributed by atoms with E-state index in [1.807, 2.05) is 10.7 Å². The van der Waals surface area contributed by atoms with Gasteiger partial charge in [-0.1, -0.05) is 0 Å². The first-order chi connectivity index (χ1) is 6.97. The van der Waals surface area contributed by atoms with Gasteiger partial charge in [-0.25, -0.2) is 23.4 Å². The zero-order valence-corrected chi connectivity index (χ0v) is 7.89. The highest BCUT2D eigenvalue weighted by Gasteiger charge is 2.19. The van der Waals surface area contributed by atoms with Crippen LogP contribution in [0.5, 0.6) is 0 Å². The summed E-state index contributed by atoms with van der Waals surface area (Å²) in [4.78, 5) is 0. The van der Waals surface area contributed by atoms with Gasteiger partial charge in [-0.3, -0.25) is 0 Å². The molecular formula is C7H5F4N3S. The highest BCUT2D eigenvalue weighted by Crippen LogP contribution is 2.23. The molecule has 15 heavy (non-hydrogen) atoms. The molecule has 0 aliphatic heterocycles. The second kappa shape index (κ2) is 4.41. The largest absolute Gasteiger partial charge is 0.327 e. The van der Waals surface area contributed by atoms with Gasteiger partial charge in [-0.2, -0.15) is 0 Å². The molecule has 0 unspecified atom stereocenters. The maximum Gasteiger partial charge on any atom is 0.185 e. The Balaban J connectivity index is 3.21. The van der Waals surface area contributed by atoms with E-state index in [-0.39, 0.29) is 11.2 Å². The molecule has 0 aliphatic rings. The quantitative estimate of drug-likeness (QED) is 0.228. The van der Waals surface area contributed by atoms with E-state index in [9.17, 15) is 17.6 Å². The van der Waals surface area contributed by atoms with Crippen LogP contribution in [0.3, 0.4) is 0 Å². The van der Waals surface area contributed by atoms with Crippen molar-refractivity contribution in [1.82, 2.24) is 5.43 Å². The molecule has 0 radical (unpaired) electrons. The highest BCUT2D eigenvalue weighted by molar-refractivity contribution is 7.80. The monoisotopic (exact) mass is 239 g/mol. The average Bonchev–Trinajstić information content (AvgIpc) is 2.21. The third kappa shape index (κ3) is 2.34. The number of hydrogen-bond acceptors (Lipinski definition) is 2. The Labute approximate surface area is 87.2 Å². The Hall–Kier alpha value is -1.41. The van der Waals surface area contributed by atoms with Crippen molar-refractivity contribution in [3.8, 4) is 0 Å². The summed E-state index contributed by atoms with van der Waals surface area (Å²) in [5, 5.41) is 1.50. The predicted octanol–water partition coefficient (Wildman–Crippen LogP) is 1.40. The lowest BCUT2D eigenvalue weighted by Gasteiger charge is -2.09. The molecule has 8 heteroatoms. The maximum atomic E-state index is 13.0. The Bertz CT molecular complexity index is 383. The van der Waals surface area contributed by atoms with Crippen molar-refractivity contribution in [2.24, 2.45) is 5.84 Å². The average molecular weight is 239 g/mol. The fourth-order valence-corrected chi connectivity index (χ4v) is 0.935. The molecule has 0 spiro atoms. The van der Waals surface area contributed by atoms with Crippen LogP contribution in [0.25, 0.3) is 0 Å². The van der Waals surface area contributed by atoms with Gasteiger partial charge < -0.3 is 10.7 Å². The minimum Gasteiger partial charge on any atom is -0.327 e. The number of thiocarbonyl (C=S) groups is 1. The van der Waals surface area contributed by atoms with Crippen LogP contribution in [0.15, 0.2) is 6.07 Å². The summed E-state index contributed by atoms with van der Waals surface area (Å²) in [5.41, 5.74) is 0.817. The lowest BCUT2D eigenvalue weighted by Crippen LogP contribution is -2.34. The second-order valence-electron chi connectivity index (χ2n) is 2.44. The van der Waals surface area contributed by atoms with E-state index in [2.05, 4.69) is 12.2 Å². The molecule has 0 saturated heterocycles. The fraction of sp³-hybridized carbons (Fsp3) is 0. The molecular weight excluding hydrogens is 234 g/mol. The number of halogens is 4. The standard InChI is InChI=1S/C7H5F4N3S/c8-2-1-3(9)5(11)6(4(2)10)13-7(15)14-12/h1H,12H2,(H2,13,14,15). The van der Waals surface area contributed by atoms with Crippen molar-refractivity contribution in [1.29, 1.82) is 0 Å². The minimum absolute atomic E-state index is 0.0920. The first-order valence-electron chi connectivity index (χ1n) is 3.58. The Morgan fingerprint density at radius 1 is 1.13 bits per heavy atom. The summed E-state index contributed by atoms with van der Waals surface area (Å²) in [7, 11) is 0. The van der Waals surface area contributed by atoms with Crippen LogP contribution in [-0.2, 0) is 0 Å². The lowest BCUT2D eigenvalue weighted by molar-refractivity contribution is 0.459. The third-order valence-corrected chi connectivity index (χ3v) is 1.70. The van der Waals surface area contributed by atoms with Crippen LogP contribution in [0.4, 0.5) is 23.2 Å². The summed E-state index contributed by atoms with van der Waals surface area (Å²) < 4.78 is 51.2. The van der Waals surface area contributed by atoms with E-state index in [0.29, 0.717) is 0 Å². The number of hydrogen-bond donors (Lipinski definition) is 3. The van der Waals surface area contributed by atoms with Crippen LogP contribution in [-0.4, -0.2) is 5.11 Å². The molecule has 0 aromatic heterocycles. The lowest BCUT2D eigenvalue weighted by atomic mass is 10.2. The molecule has 0 fully saturated rings. The molecule has 82 valence electrons. The number of nitrogens with two attached hydrogens (primary N) is 1. The molecule has 1 aromatic carbocycles. The highest BCUT2D eigenvalue weighted by atomic mass is 32.1. The molecule has 0 atom stereocenters. The van der Waals surface area contributed by atoms with Gasteiger partial charge in [0, 0.05) is 6.07 Å². The fourth-order valence-electron chi connectivity index (χ4n) is 0.833. The molecule has 1 rings (SSSR count). The number of benzene rings is 1. The van der Waals surface area contributed by atoms with Crippen LogP contribution in [0, 0.1) is 23.3 Å². The van der Waals surface area contributed by atoms with Crippen LogP contribution < -0.4 is 16.6 Å². The summed E-state index contributed by atoms with van der Waals surface area (Å²) in [6.07, 6.45) is 0. The van der Waals surface area contributed by atoms with Gasteiger partial charge in [0.15, 0.2) is 28.4 Å². The van der Waals surface area contributed by atoms with Crippen molar-refractivity contribution < 1.29 is 17.6 Å². The van der Waals surface area contributed by atoms with Gasteiger partial charge in [0.25, 0.3) is 0 Å². The zero-order chi connectivity index (χ0) is 11.6. The number of anilines is 1. The van der Waals surface area contributed by atoms with Crippen molar-refractivity contribution >= 4 is 23.0 Å². The van der Waals surface area contributed by atoms with E-state index in [1.54, 1.807) is 0 Å². The van der Waals surface area contributed by atoms with Gasteiger partial charge in [-0.15, -0.1) is 0 Å². The predicted molar refractivity (Wildman–Crippen MR) is 49.8 cm³/mol. The van der Waals surface area contributed by atoms with Crippen molar-refractivity contribution in [3.05, 3.63) is 29.3 Å². The molecule has 0 heterocycles. The van der Waals surface area contributed by atoms with E-state index in [4.69, 9.17) is 5.84 Å². The minimum atomic E-state index is -1.58. The van der Waals surface area contributed by atoms with E-state index in [1.165, 1.54) is 0 Å². The summed E-state index contributed by atoms with van der Waals surface area (Å²) >= 11 is 4.42. The van der Waals surface area contributed by atoms with Gasteiger partial charge in [-0.05, 0) is 12.2 Å². The van der Waals surface area contributed by atoms with Gasteiger partial charge in [0.1, 0.15) is 5.69 Å². The first-order valence-corrected chi connectivity index (χ1v) is 3.98. The number of rotatable bonds is 1. The summed E-state index contributed by atoms with van der Waals surface area (Å²) in [6, 6.07) is 0.0920. The van der Waals surface area contributed by atoms with Gasteiger partial charge in [0.05, 0.1) is 0 Å². The van der Waals surface area contributed by atoms with E-state index < -0.39 is 29.0 Å². The molecule has 0 saturated carbocycles. The molecule has 4 N–H and O–H groups in total. The van der Waals surface area contributed by atoms with Crippen molar-refractivity contribution in [2.75, 3.05) is 5.32 Å². The molecule has 0 amide bonds. The normalized spacial score (nSPS) is 9.93.